The van der Waals surface area contributed by atoms with Gasteiger partial charge in [0.1, 0.15) is 11.4 Å². The SMILES string of the molecule is Cc1ccccc1CNC(=O)c1cccc(C(=O)NC(C)C)n1. The minimum Gasteiger partial charge on any atom is -0.349 e. The molecular formula is C18H21N3O2. The molecule has 0 bridgehead atoms. The van der Waals surface area contributed by atoms with E-state index in [1.165, 1.54) is 0 Å². The number of hydrogen-bond donors (Lipinski definition) is 2. The van der Waals surface area contributed by atoms with Gasteiger partial charge in [0.2, 0.25) is 0 Å². The van der Waals surface area contributed by atoms with Gasteiger partial charge in [0, 0.05) is 12.6 Å². The maximum Gasteiger partial charge on any atom is 0.270 e. The van der Waals surface area contributed by atoms with Crippen LogP contribution in [0.2, 0.25) is 0 Å². The predicted molar refractivity (Wildman–Crippen MR) is 89.2 cm³/mol. The number of amides is 2. The van der Waals surface area contributed by atoms with Crippen LogP contribution in [0.4, 0.5) is 0 Å². The van der Waals surface area contributed by atoms with E-state index in [4.69, 9.17) is 0 Å². The molecule has 2 amide bonds. The highest BCUT2D eigenvalue weighted by Gasteiger charge is 2.13. The van der Waals surface area contributed by atoms with Crippen molar-refractivity contribution in [2.75, 3.05) is 0 Å². The van der Waals surface area contributed by atoms with Crippen LogP contribution in [-0.4, -0.2) is 22.8 Å². The lowest BCUT2D eigenvalue weighted by Crippen LogP contribution is -2.31. The molecular weight excluding hydrogens is 290 g/mol. The molecule has 0 atom stereocenters. The number of hydrogen-bond acceptors (Lipinski definition) is 3. The Labute approximate surface area is 136 Å². The Bertz CT molecular complexity index is 711. The standard InChI is InChI=1S/C18H21N3O2/c1-12(2)20-18(23)16-10-6-9-15(21-16)17(22)19-11-14-8-5-4-7-13(14)3/h4-10,12H,11H2,1-3H3,(H,19,22)(H,20,23). The fraction of sp³-hybridized carbons (Fsp3) is 0.278. The predicted octanol–water partition coefficient (Wildman–Crippen LogP) is 2.46. The molecule has 1 aromatic heterocycles. The Morgan fingerprint density at radius 1 is 1.00 bits per heavy atom. The zero-order chi connectivity index (χ0) is 16.8. The summed E-state index contributed by atoms with van der Waals surface area (Å²) in [6, 6.07) is 12.7. The molecule has 0 fully saturated rings. The summed E-state index contributed by atoms with van der Waals surface area (Å²) in [5.41, 5.74) is 2.64. The molecule has 5 heteroatoms. The first-order valence-electron chi connectivity index (χ1n) is 7.58. The Hall–Kier alpha value is -2.69. The van der Waals surface area contributed by atoms with Crippen molar-refractivity contribution in [3.63, 3.8) is 0 Å². The van der Waals surface area contributed by atoms with E-state index in [0.717, 1.165) is 11.1 Å². The number of aryl methyl sites for hydroxylation is 1. The first-order valence-corrected chi connectivity index (χ1v) is 7.58. The van der Waals surface area contributed by atoms with Gasteiger partial charge in [-0.05, 0) is 44.0 Å². The molecule has 0 aliphatic heterocycles. The van der Waals surface area contributed by atoms with E-state index in [1.54, 1.807) is 18.2 Å². The minimum atomic E-state index is -0.299. The van der Waals surface area contributed by atoms with E-state index < -0.39 is 0 Å². The summed E-state index contributed by atoms with van der Waals surface area (Å²) in [4.78, 5) is 28.3. The smallest absolute Gasteiger partial charge is 0.270 e. The van der Waals surface area contributed by atoms with E-state index in [0.29, 0.717) is 6.54 Å². The summed E-state index contributed by atoms with van der Waals surface area (Å²) in [5, 5.41) is 5.59. The van der Waals surface area contributed by atoms with Gasteiger partial charge in [0.05, 0.1) is 0 Å². The highest BCUT2D eigenvalue weighted by atomic mass is 16.2. The maximum atomic E-state index is 12.2. The fourth-order valence-corrected chi connectivity index (χ4v) is 2.10. The van der Waals surface area contributed by atoms with Crippen molar-refractivity contribution < 1.29 is 9.59 Å². The first-order chi connectivity index (χ1) is 11.0. The third-order valence-electron chi connectivity index (χ3n) is 3.33. The summed E-state index contributed by atoms with van der Waals surface area (Å²) in [6.07, 6.45) is 0. The lowest BCUT2D eigenvalue weighted by atomic mass is 10.1. The molecule has 2 rings (SSSR count). The number of aromatic nitrogens is 1. The lowest BCUT2D eigenvalue weighted by molar-refractivity contribution is 0.0936. The van der Waals surface area contributed by atoms with Crippen LogP contribution in [0.5, 0.6) is 0 Å². The van der Waals surface area contributed by atoms with Crippen molar-refractivity contribution in [3.8, 4) is 0 Å². The summed E-state index contributed by atoms with van der Waals surface area (Å²) in [7, 11) is 0. The number of carbonyl (C=O) groups is 2. The van der Waals surface area contributed by atoms with E-state index in [2.05, 4.69) is 15.6 Å². The van der Waals surface area contributed by atoms with Crippen LogP contribution < -0.4 is 10.6 Å². The average Bonchev–Trinajstić information content (AvgIpc) is 2.53. The molecule has 0 spiro atoms. The highest BCUT2D eigenvalue weighted by molar-refractivity contribution is 5.96. The van der Waals surface area contributed by atoms with Gasteiger partial charge in [-0.1, -0.05) is 30.3 Å². The number of benzene rings is 1. The van der Waals surface area contributed by atoms with Crippen molar-refractivity contribution >= 4 is 11.8 Å². The molecule has 0 saturated heterocycles. The van der Waals surface area contributed by atoms with E-state index in [9.17, 15) is 9.59 Å². The minimum absolute atomic E-state index is 0.0165. The van der Waals surface area contributed by atoms with Gasteiger partial charge in [-0.3, -0.25) is 9.59 Å². The number of nitrogens with one attached hydrogen (secondary N) is 2. The zero-order valence-corrected chi connectivity index (χ0v) is 13.6. The number of rotatable bonds is 5. The highest BCUT2D eigenvalue weighted by Crippen LogP contribution is 2.07. The summed E-state index contributed by atoms with van der Waals surface area (Å²) in [5.74, 6) is -0.582. The Morgan fingerprint density at radius 2 is 1.65 bits per heavy atom. The van der Waals surface area contributed by atoms with Crippen LogP contribution in [0.25, 0.3) is 0 Å². The monoisotopic (exact) mass is 311 g/mol. The third-order valence-corrected chi connectivity index (χ3v) is 3.33. The van der Waals surface area contributed by atoms with E-state index >= 15 is 0 Å². The molecule has 5 nitrogen and oxygen atoms in total. The molecule has 1 aromatic carbocycles. The van der Waals surface area contributed by atoms with Gasteiger partial charge >= 0.3 is 0 Å². The van der Waals surface area contributed by atoms with Gasteiger partial charge in [-0.15, -0.1) is 0 Å². The lowest BCUT2D eigenvalue weighted by Gasteiger charge is -2.10. The van der Waals surface area contributed by atoms with Gasteiger partial charge in [-0.2, -0.15) is 0 Å². The molecule has 23 heavy (non-hydrogen) atoms. The summed E-state index contributed by atoms with van der Waals surface area (Å²) >= 11 is 0. The van der Waals surface area contributed by atoms with Crippen LogP contribution in [-0.2, 0) is 6.54 Å². The van der Waals surface area contributed by atoms with Crippen molar-refractivity contribution in [1.29, 1.82) is 0 Å². The van der Waals surface area contributed by atoms with E-state index in [-0.39, 0.29) is 29.2 Å². The van der Waals surface area contributed by atoms with Crippen molar-refractivity contribution in [1.82, 2.24) is 15.6 Å². The molecule has 0 radical (unpaired) electrons. The molecule has 0 saturated carbocycles. The van der Waals surface area contributed by atoms with Crippen molar-refractivity contribution in [3.05, 3.63) is 65.0 Å². The second kappa shape index (κ2) is 7.54. The maximum absolute atomic E-state index is 12.2. The Balaban J connectivity index is 2.05. The molecule has 120 valence electrons. The second-order valence-corrected chi connectivity index (χ2v) is 5.65. The van der Waals surface area contributed by atoms with Crippen LogP contribution in [0.1, 0.15) is 46.0 Å². The molecule has 0 aliphatic carbocycles. The van der Waals surface area contributed by atoms with Gasteiger partial charge in [0.15, 0.2) is 0 Å². The third kappa shape index (κ3) is 4.64. The Morgan fingerprint density at radius 3 is 2.30 bits per heavy atom. The fourth-order valence-electron chi connectivity index (χ4n) is 2.10. The van der Waals surface area contributed by atoms with Crippen LogP contribution >= 0.6 is 0 Å². The van der Waals surface area contributed by atoms with Crippen LogP contribution in [0.15, 0.2) is 42.5 Å². The quantitative estimate of drug-likeness (QED) is 0.891. The summed E-state index contributed by atoms with van der Waals surface area (Å²) in [6.45, 7) is 6.17. The van der Waals surface area contributed by atoms with Crippen molar-refractivity contribution in [2.45, 2.75) is 33.4 Å². The normalized spacial score (nSPS) is 10.4. The number of nitrogens with zero attached hydrogens (tertiary/aromatic N) is 1. The largest absolute Gasteiger partial charge is 0.349 e. The van der Waals surface area contributed by atoms with Gasteiger partial charge < -0.3 is 10.6 Å². The molecule has 0 unspecified atom stereocenters. The zero-order valence-electron chi connectivity index (χ0n) is 13.6. The van der Waals surface area contributed by atoms with Crippen LogP contribution in [0.3, 0.4) is 0 Å². The molecule has 0 aliphatic rings. The summed E-state index contributed by atoms with van der Waals surface area (Å²) < 4.78 is 0. The van der Waals surface area contributed by atoms with E-state index in [1.807, 2.05) is 45.0 Å². The number of carbonyl (C=O) groups excluding carboxylic acids is 2. The molecule has 2 aromatic rings. The van der Waals surface area contributed by atoms with Gasteiger partial charge in [-0.25, -0.2) is 4.98 Å². The molecule has 1 heterocycles. The van der Waals surface area contributed by atoms with Crippen LogP contribution in [0, 0.1) is 6.92 Å². The molecule has 2 N–H and O–H groups in total. The topological polar surface area (TPSA) is 71.1 Å². The van der Waals surface area contributed by atoms with Crippen molar-refractivity contribution in [2.24, 2.45) is 0 Å². The number of pyridine rings is 1. The Kier molecular flexibility index (Phi) is 5.46. The average molecular weight is 311 g/mol. The second-order valence-electron chi connectivity index (χ2n) is 5.65. The van der Waals surface area contributed by atoms with Gasteiger partial charge in [0.25, 0.3) is 11.8 Å². The first kappa shape index (κ1) is 16.7.